The van der Waals surface area contributed by atoms with E-state index in [0.29, 0.717) is 17.0 Å². The predicted octanol–water partition coefficient (Wildman–Crippen LogP) is 4.62. The highest BCUT2D eigenvalue weighted by Crippen LogP contribution is 2.38. The Morgan fingerprint density at radius 1 is 1.23 bits per heavy atom. The van der Waals surface area contributed by atoms with Gasteiger partial charge in [-0.3, -0.25) is 9.59 Å². The first kappa shape index (κ1) is 21.7. The first-order chi connectivity index (χ1) is 15.1. The van der Waals surface area contributed by atoms with Crippen molar-refractivity contribution < 1.29 is 9.59 Å². The molecule has 2 aliphatic heterocycles. The molecular formula is C25H29N3O2S. The van der Waals surface area contributed by atoms with Crippen LogP contribution in [0.4, 0.5) is 5.69 Å². The van der Waals surface area contributed by atoms with Crippen molar-refractivity contribution in [1.82, 2.24) is 10.2 Å². The minimum atomic E-state index is -0.103. The summed E-state index contributed by atoms with van der Waals surface area (Å²) in [5, 5.41) is 5.94. The molecule has 0 radical (unpaired) electrons. The van der Waals surface area contributed by atoms with Gasteiger partial charge in [0, 0.05) is 23.5 Å². The van der Waals surface area contributed by atoms with Crippen molar-refractivity contribution in [2.75, 3.05) is 31.5 Å². The molecule has 0 bridgehead atoms. The summed E-state index contributed by atoms with van der Waals surface area (Å²) in [5.74, 6) is 0.628. The van der Waals surface area contributed by atoms with Crippen LogP contribution in [0.5, 0.6) is 0 Å². The van der Waals surface area contributed by atoms with Gasteiger partial charge in [-0.05, 0) is 74.2 Å². The lowest BCUT2D eigenvalue weighted by molar-refractivity contribution is -0.112. The van der Waals surface area contributed by atoms with E-state index in [0.717, 1.165) is 35.0 Å². The Hall–Kier alpha value is -2.57. The number of likely N-dealkylation sites (tertiary alicyclic amines) is 1. The molecule has 2 amide bonds. The number of benzene rings is 2. The Morgan fingerprint density at radius 3 is 2.84 bits per heavy atom. The average molecular weight is 436 g/mol. The fraction of sp³-hybridized carbons (Fsp3) is 0.360. The normalized spacial score (nSPS) is 20.2. The number of carbonyl (C=O) groups excluding carboxylic acids is 2. The van der Waals surface area contributed by atoms with E-state index in [9.17, 15) is 9.59 Å². The molecule has 1 fully saturated rings. The molecule has 2 aromatic carbocycles. The van der Waals surface area contributed by atoms with E-state index in [-0.39, 0.29) is 11.8 Å². The number of amides is 2. The fourth-order valence-electron chi connectivity index (χ4n) is 4.08. The van der Waals surface area contributed by atoms with E-state index >= 15 is 0 Å². The molecule has 0 aromatic heterocycles. The maximum atomic E-state index is 12.4. The SMILES string of the molecule is C[C@@H]1CCCN(CCCNC(=O)c2ccc(/C=C3/Sc4ccccc4NC3=O)cc2)C1. The summed E-state index contributed by atoms with van der Waals surface area (Å²) in [5.41, 5.74) is 2.38. The molecule has 4 rings (SSSR count). The highest BCUT2D eigenvalue weighted by molar-refractivity contribution is 8.04. The smallest absolute Gasteiger partial charge is 0.262 e. The minimum Gasteiger partial charge on any atom is -0.352 e. The van der Waals surface area contributed by atoms with Crippen LogP contribution in [-0.2, 0) is 4.79 Å². The van der Waals surface area contributed by atoms with Crippen LogP contribution in [0.15, 0.2) is 58.3 Å². The van der Waals surface area contributed by atoms with Gasteiger partial charge in [-0.1, -0.05) is 43.0 Å². The zero-order valence-electron chi connectivity index (χ0n) is 17.9. The van der Waals surface area contributed by atoms with Gasteiger partial charge in [-0.25, -0.2) is 0 Å². The number of piperidine rings is 1. The zero-order valence-corrected chi connectivity index (χ0v) is 18.7. The van der Waals surface area contributed by atoms with Gasteiger partial charge in [-0.2, -0.15) is 0 Å². The van der Waals surface area contributed by atoms with Crippen molar-refractivity contribution in [2.45, 2.75) is 31.1 Å². The van der Waals surface area contributed by atoms with Crippen LogP contribution < -0.4 is 10.6 Å². The largest absolute Gasteiger partial charge is 0.352 e. The third kappa shape index (κ3) is 5.77. The lowest BCUT2D eigenvalue weighted by Crippen LogP contribution is -2.36. The summed E-state index contributed by atoms with van der Waals surface area (Å²) in [4.78, 5) is 29.0. The number of rotatable bonds is 6. The van der Waals surface area contributed by atoms with Gasteiger partial charge in [0.05, 0.1) is 10.6 Å². The molecule has 1 saturated heterocycles. The summed E-state index contributed by atoms with van der Waals surface area (Å²) >= 11 is 1.46. The summed E-state index contributed by atoms with van der Waals surface area (Å²) in [7, 11) is 0. The van der Waals surface area contributed by atoms with Crippen molar-refractivity contribution in [3.05, 3.63) is 64.6 Å². The molecule has 31 heavy (non-hydrogen) atoms. The number of carbonyl (C=O) groups is 2. The quantitative estimate of drug-likeness (QED) is 0.513. The van der Waals surface area contributed by atoms with Crippen molar-refractivity contribution in [1.29, 1.82) is 0 Å². The molecule has 0 unspecified atom stereocenters. The van der Waals surface area contributed by atoms with Gasteiger partial charge in [0.25, 0.3) is 11.8 Å². The molecule has 0 aliphatic carbocycles. The van der Waals surface area contributed by atoms with E-state index in [1.165, 1.54) is 37.7 Å². The third-order valence-corrected chi connectivity index (χ3v) is 6.83. The number of para-hydroxylation sites is 1. The Morgan fingerprint density at radius 2 is 2.03 bits per heavy atom. The van der Waals surface area contributed by atoms with Gasteiger partial charge in [-0.15, -0.1) is 0 Å². The minimum absolute atomic E-state index is 0.0510. The molecule has 162 valence electrons. The van der Waals surface area contributed by atoms with E-state index in [1.807, 2.05) is 54.6 Å². The van der Waals surface area contributed by atoms with E-state index in [2.05, 4.69) is 22.5 Å². The monoisotopic (exact) mass is 435 g/mol. The fourth-order valence-corrected chi connectivity index (χ4v) is 5.03. The van der Waals surface area contributed by atoms with Crippen molar-refractivity contribution >= 4 is 35.3 Å². The highest BCUT2D eigenvalue weighted by Gasteiger charge is 2.20. The van der Waals surface area contributed by atoms with Gasteiger partial charge >= 0.3 is 0 Å². The second-order valence-corrected chi connectivity index (χ2v) is 9.42. The number of fused-ring (bicyclic) bond motifs is 1. The van der Waals surface area contributed by atoms with Crippen molar-refractivity contribution in [2.24, 2.45) is 5.92 Å². The highest BCUT2D eigenvalue weighted by atomic mass is 32.2. The topological polar surface area (TPSA) is 61.4 Å². The number of hydrogen-bond donors (Lipinski definition) is 2. The summed E-state index contributed by atoms with van der Waals surface area (Å²) < 4.78 is 0. The zero-order chi connectivity index (χ0) is 21.6. The van der Waals surface area contributed by atoms with Gasteiger partial charge in [0.15, 0.2) is 0 Å². The van der Waals surface area contributed by atoms with Crippen LogP contribution in [0.1, 0.15) is 42.1 Å². The molecule has 5 nitrogen and oxygen atoms in total. The van der Waals surface area contributed by atoms with Crippen molar-refractivity contribution in [3.63, 3.8) is 0 Å². The maximum Gasteiger partial charge on any atom is 0.262 e. The maximum absolute atomic E-state index is 12.4. The molecule has 2 aromatic rings. The lowest BCUT2D eigenvalue weighted by Gasteiger charge is -2.30. The number of nitrogens with zero attached hydrogens (tertiary/aromatic N) is 1. The number of nitrogens with one attached hydrogen (secondary N) is 2. The number of hydrogen-bond acceptors (Lipinski definition) is 4. The Kier molecular flexibility index (Phi) is 7.10. The van der Waals surface area contributed by atoms with Gasteiger partial charge in [0.2, 0.25) is 0 Å². The summed E-state index contributed by atoms with van der Waals surface area (Å²) in [6.07, 6.45) is 5.44. The Bertz CT molecular complexity index is 971. The van der Waals surface area contributed by atoms with E-state index in [4.69, 9.17) is 0 Å². The molecule has 0 saturated carbocycles. The van der Waals surface area contributed by atoms with Crippen LogP contribution in [-0.4, -0.2) is 42.9 Å². The first-order valence-electron chi connectivity index (χ1n) is 11.0. The van der Waals surface area contributed by atoms with Crippen LogP contribution >= 0.6 is 11.8 Å². The van der Waals surface area contributed by atoms with Gasteiger partial charge < -0.3 is 15.5 Å². The molecule has 6 heteroatoms. The summed E-state index contributed by atoms with van der Waals surface area (Å²) in [6.45, 7) is 6.39. The first-order valence-corrected chi connectivity index (χ1v) is 11.8. The summed E-state index contributed by atoms with van der Waals surface area (Å²) in [6, 6.07) is 15.1. The number of thioether (sulfide) groups is 1. The number of anilines is 1. The van der Waals surface area contributed by atoms with Crippen LogP contribution in [0.3, 0.4) is 0 Å². The van der Waals surface area contributed by atoms with Crippen LogP contribution in [0.2, 0.25) is 0 Å². The molecule has 0 spiro atoms. The second kappa shape index (κ2) is 10.2. The second-order valence-electron chi connectivity index (χ2n) is 8.34. The Labute approximate surface area is 188 Å². The molecule has 2 aliphatic rings. The van der Waals surface area contributed by atoms with E-state index < -0.39 is 0 Å². The predicted molar refractivity (Wildman–Crippen MR) is 127 cm³/mol. The Balaban J connectivity index is 1.28. The van der Waals surface area contributed by atoms with Crippen LogP contribution in [0, 0.1) is 5.92 Å². The lowest BCUT2D eigenvalue weighted by atomic mass is 10.0. The third-order valence-electron chi connectivity index (χ3n) is 5.73. The molecule has 2 heterocycles. The molecule has 1 atom stereocenters. The van der Waals surface area contributed by atoms with Crippen LogP contribution in [0.25, 0.3) is 6.08 Å². The average Bonchev–Trinajstić information content (AvgIpc) is 2.78. The van der Waals surface area contributed by atoms with Gasteiger partial charge in [0.1, 0.15) is 0 Å². The molecule has 2 N–H and O–H groups in total. The van der Waals surface area contributed by atoms with Crippen molar-refractivity contribution in [3.8, 4) is 0 Å². The molecular weight excluding hydrogens is 406 g/mol. The van der Waals surface area contributed by atoms with E-state index in [1.54, 1.807) is 0 Å². The standard InChI is InChI=1S/C25H29N3O2S/c1-18-6-4-14-28(17-18)15-5-13-26-24(29)20-11-9-19(10-12-20)16-23-25(30)27-21-7-2-3-8-22(21)31-23/h2-3,7-12,16,18H,4-6,13-15,17H2,1H3,(H,26,29)(H,27,30)/b23-16+/t18-/m1/s1.